The van der Waals surface area contributed by atoms with Gasteiger partial charge in [-0.3, -0.25) is 4.79 Å². The van der Waals surface area contributed by atoms with Crippen molar-refractivity contribution >= 4 is 11.9 Å². The standard InChI is InChI=1S/C13H12O5/c1-17-11-8-10(13(15)16)7-6-9(11)4-3-5-12(14)18-2/h6-8H,5H2,1-2H3,(H,15,16). The van der Waals surface area contributed by atoms with Crippen molar-refractivity contribution in [2.45, 2.75) is 6.42 Å². The van der Waals surface area contributed by atoms with E-state index in [1.807, 2.05) is 0 Å². The molecule has 94 valence electrons. The number of benzene rings is 1. The first-order valence-corrected chi connectivity index (χ1v) is 5.05. The zero-order valence-corrected chi connectivity index (χ0v) is 10.0. The third-order valence-corrected chi connectivity index (χ3v) is 2.13. The lowest BCUT2D eigenvalue weighted by atomic mass is 10.1. The molecule has 1 rings (SSSR count). The van der Waals surface area contributed by atoms with Crippen LogP contribution in [0.4, 0.5) is 0 Å². The summed E-state index contributed by atoms with van der Waals surface area (Å²) in [5, 5.41) is 8.82. The van der Waals surface area contributed by atoms with E-state index in [1.54, 1.807) is 0 Å². The summed E-state index contributed by atoms with van der Waals surface area (Å²) in [4.78, 5) is 21.6. The van der Waals surface area contributed by atoms with Crippen LogP contribution in [0.25, 0.3) is 0 Å². The summed E-state index contributed by atoms with van der Waals surface area (Å²) in [5.74, 6) is 4.24. The van der Waals surface area contributed by atoms with Gasteiger partial charge in [0.05, 0.1) is 25.3 Å². The van der Waals surface area contributed by atoms with Gasteiger partial charge in [-0.2, -0.15) is 0 Å². The molecule has 0 saturated heterocycles. The highest BCUT2D eigenvalue weighted by Gasteiger charge is 2.07. The molecule has 0 fully saturated rings. The van der Waals surface area contributed by atoms with Crippen molar-refractivity contribution in [3.63, 3.8) is 0 Å². The molecule has 0 spiro atoms. The Balaban J connectivity index is 2.95. The topological polar surface area (TPSA) is 72.8 Å². The number of aromatic carboxylic acids is 1. The molecule has 1 N–H and O–H groups in total. The van der Waals surface area contributed by atoms with Gasteiger partial charge in [0.1, 0.15) is 12.2 Å². The van der Waals surface area contributed by atoms with Gasteiger partial charge in [0.2, 0.25) is 0 Å². The smallest absolute Gasteiger partial charge is 0.335 e. The number of ether oxygens (including phenoxy) is 2. The molecule has 0 amide bonds. The average Bonchev–Trinajstić information content (AvgIpc) is 2.38. The largest absolute Gasteiger partial charge is 0.495 e. The van der Waals surface area contributed by atoms with E-state index >= 15 is 0 Å². The molecule has 0 aliphatic carbocycles. The number of esters is 1. The molecule has 0 radical (unpaired) electrons. The quantitative estimate of drug-likeness (QED) is 0.645. The van der Waals surface area contributed by atoms with Crippen LogP contribution in [0.15, 0.2) is 18.2 Å². The van der Waals surface area contributed by atoms with Gasteiger partial charge >= 0.3 is 11.9 Å². The minimum Gasteiger partial charge on any atom is -0.495 e. The van der Waals surface area contributed by atoms with Crippen molar-refractivity contribution in [3.05, 3.63) is 29.3 Å². The van der Waals surface area contributed by atoms with Crippen LogP contribution in [-0.2, 0) is 9.53 Å². The van der Waals surface area contributed by atoms with Crippen molar-refractivity contribution in [3.8, 4) is 17.6 Å². The Labute approximate surface area is 104 Å². The Bertz CT molecular complexity index is 522. The zero-order valence-electron chi connectivity index (χ0n) is 10.0. The number of carboxylic acid groups (broad SMARTS) is 1. The fourth-order valence-electron chi connectivity index (χ4n) is 1.21. The lowest BCUT2D eigenvalue weighted by Gasteiger charge is -2.04. The van der Waals surface area contributed by atoms with Gasteiger partial charge in [0.15, 0.2) is 0 Å². The van der Waals surface area contributed by atoms with Gasteiger partial charge in [-0.1, -0.05) is 11.8 Å². The summed E-state index contributed by atoms with van der Waals surface area (Å²) in [6, 6.07) is 4.34. The number of hydrogen-bond donors (Lipinski definition) is 1. The highest BCUT2D eigenvalue weighted by Crippen LogP contribution is 2.19. The van der Waals surface area contributed by atoms with Crippen molar-refractivity contribution in [1.82, 2.24) is 0 Å². The van der Waals surface area contributed by atoms with Gasteiger partial charge in [0.25, 0.3) is 0 Å². The minimum absolute atomic E-state index is 0.0274. The number of rotatable bonds is 3. The minimum atomic E-state index is -1.04. The molecular weight excluding hydrogens is 236 g/mol. The Morgan fingerprint density at radius 3 is 2.61 bits per heavy atom. The molecule has 1 aromatic carbocycles. The van der Waals surface area contributed by atoms with Gasteiger partial charge in [0, 0.05) is 0 Å². The number of hydrogen-bond acceptors (Lipinski definition) is 4. The molecule has 0 aliphatic heterocycles. The van der Waals surface area contributed by atoms with E-state index in [-0.39, 0.29) is 12.0 Å². The number of carbonyl (C=O) groups is 2. The Morgan fingerprint density at radius 2 is 2.06 bits per heavy atom. The van der Waals surface area contributed by atoms with E-state index in [0.29, 0.717) is 11.3 Å². The summed E-state index contributed by atoms with van der Waals surface area (Å²) in [6.45, 7) is 0. The average molecular weight is 248 g/mol. The summed E-state index contributed by atoms with van der Waals surface area (Å²) >= 11 is 0. The van der Waals surface area contributed by atoms with E-state index in [2.05, 4.69) is 16.6 Å². The second kappa shape index (κ2) is 6.30. The first-order chi connectivity index (χ1) is 8.58. The maximum absolute atomic E-state index is 10.9. The third-order valence-electron chi connectivity index (χ3n) is 2.13. The highest BCUT2D eigenvalue weighted by molar-refractivity contribution is 5.88. The van der Waals surface area contributed by atoms with Crippen LogP contribution in [0, 0.1) is 11.8 Å². The SMILES string of the molecule is COC(=O)CC#Cc1ccc(C(=O)O)cc1OC. The fourth-order valence-corrected chi connectivity index (χ4v) is 1.21. The molecule has 0 aromatic heterocycles. The molecular formula is C13H12O5. The van der Waals surface area contributed by atoms with Crippen LogP contribution < -0.4 is 4.74 Å². The normalized spacial score (nSPS) is 9.00. The second-order valence-corrected chi connectivity index (χ2v) is 3.27. The van der Waals surface area contributed by atoms with Crippen LogP contribution >= 0.6 is 0 Å². The highest BCUT2D eigenvalue weighted by atomic mass is 16.5. The molecule has 0 atom stereocenters. The molecule has 0 heterocycles. The predicted molar refractivity (Wildman–Crippen MR) is 63.5 cm³/mol. The van der Waals surface area contributed by atoms with Crippen molar-refractivity contribution in [2.75, 3.05) is 14.2 Å². The summed E-state index contributed by atoms with van der Waals surface area (Å²) < 4.78 is 9.48. The van der Waals surface area contributed by atoms with E-state index in [4.69, 9.17) is 9.84 Å². The maximum atomic E-state index is 10.9. The monoisotopic (exact) mass is 248 g/mol. The van der Waals surface area contributed by atoms with Crippen LogP contribution in [0.3, 0.4) is 0 Å². The maximum Gasteiger partial charge on any atom is 0.335 e. The Kier molecular flexibility index (Phi) is 4.76. The van der Waals surface area contributed by atoms with E-state index in [0.717, 1.165) is 0 Å². The van der Waals surface area contributed by atoms with Gasteiger partial charge in [-0.15, -0.1) is 0 Å². The zero-order chi connectivity index (χ0) is 13.5. The van der Waals surface area contributed by atoms with Gasteiger partial charge in [-0.05, 0) is 18.2 Å². The molecule has 1 aromatic rings. The lowest BCUT2D eigenvalue weighted by molar-refractivity contribution is -0.139. The van der Waals surface area contributed by atoms with Crippen molar-refractivity contribution in [1.29, 1.82) is 0 Å². The molecule has 5 nitrogen and oxygen atoms in total. The fraction of sp³-hybridized carbons (Fsp3) is 0.231. The van der Waals surface area contributed by atoms with E-state index < -0.39 is 11.9 Å². The van der Waals surface area contributed by atoms with Crippen molar-refractivity contribution < 1.29 is 24.2 Å². The molecule has 0 unspecified atom stereocenters. The molecule has 0 saturated carbocycles. The van der Waals surface area contributed by atoms with Crippen molar-refractivity contribution in [2.24, 2.45) is 0 Å². The third kappa shape index (κ3) is 3.52. The van der Waals surface area contributed by atoms with Gasteiger partial charge < -0.3 is 14.6 Å². The second-order valence-electron chi connectivity index (χ2n) is 3.27. The predicted octanol–water partition coefficient (Wildman–Crippen LogP) is 1.31. The lowest BCUT2D eigenvalue weighted by Crippen LogP contribution is -1.99. The first-order valence-electron chi connectivity index (χ1n) is 5.05. The van der Waals surface area contributed by atoms with Gasteiger partial charge in [-0.25, -0.2) is 4.79 Å². The van der Waals surface area contributed by atoms with Crippen LogP contribution in [-0.4, -0.2) is 31.3 Å². The molecule has 5 heteroatoms. The van der Waals surface area contributed by atoms with E-state index in [9.17, 15) is 9.59 Å². The number of carbonyl (C=O) groups excluding carboxylic acids is 1. The van der Waals surface area contributed by atoms with Crippen LogP contribution in [0.2, 0.25) is 0 Å². The van der Waals surface area contributed by atoms with E-state index in [1.165, 1.54) is 32.4 Å². The summed E-state index contributed by atoms with van der Waals surface area (Å²) in [5.41, 5.74) is 0.636. The molecule has 0 aliphatic rings. The number of carboxylic acids is 1. The molecule has 0 bridgehead atoms. The summed E-state index contributed by atoms with van der Waals surface area (Å²) in [7, 11) is 2.71. The Morgan fingerprint density at radius 1 is 1.33 bits per heavy atom. The summed E-state index contributed by atoms with van der Waals surface area (Å²) in [6.07, 6.45) is -0.0274. The first kappa shape index (κ1) is 13.6. The number of methoxy groups -OCH3 is 2. The van der Waals surface area contributed by atoms with Crippen LogP contribution in [0.5, 0.6) is 5.75 Å². The van der Waals surface area contributed by atoms with Crippen LogP contribution in [0.1, 0.15) is 22.3 Å². The molecule has 18 heavy (non-hydrogen) atoms. The Hall–Kier alpha value is -2.48.